The first-order valence-electron chi connectivity index (χ1n) is 2.78. The van der Waals surface area contributed by atoms with Crippen molar-refractivity contribution in [1.82, 2.24) is 0 Å². The van der Waals surface area contributed by atoms with E-state index < -0.39 is 0 Å². The first-order valence-corrected chi connectivity index (χ1v) is 2.78. The Hall–Kier alpha value is -0.480. The van der Waals surface area contributed by atoms with Gasteiger partial charge in [0, 0.05) is 12.8 Å². The summed E-state index contributed by atoms with van der Waals surface area (Å²) in [6.07, 6.45) is 1.80. The Labute approximate surface area is 78.6 Å². The van der Waals surface area contributed by atoms with Crippen LogP contribution in [0.4, 0.5) is 0 Å². The summed E-state index contributed by atoms with van der Waals surface area (Å²) in [6.45, 7) is 0. The zero-order valence-corrected chi connectivity index (χ0v) is 7.73. The molecule has 0 unspecified atom stereocenters. The van der Waals surface area contributed by atoms with Crippen LogP contribution >= 0.6 is 24.8 Å². The van der Waals surface area contributed by atoms with Crippen LogP contribution in [-0.2, 0) is 0 Å². The third kappa shape index (κ3) is 17.7. The van der Waals surface area contributed by atoms with E-state index in [1.165, 1.54) is 0 Å². The maximum Gasteiger partial charge on any atom is 0.0905 e. The van der Waals surface area contributed by atoms with Crippen LogP contribution in [-0.4, -0.2) is 11.7 Å². The standard InChI is InChI=1S/C5H12N4.2ClH/c6-4(7)2-1-3-5(8)9;;/h1-3H2,(H3,6,7)(H3,8,9);2*1H. The molecule has 0 aromatic carbocycles. The van der Waals surface area contributed by atoms with E-state index in [1.807, 2.05) is 0 Å². The number of rotatable bonds is 4. The molecule has 6 heteroatoms. The molecular weight excluding hydrogens is 187 g/mol. The largest absolute Gasteiger partial charge is 0.388 e. The van der Waals surface area contributed by atoms with Crippen molar-refractivity contribution < 1.29 is 0 Å². The number of hydrogen-bond donors (Lipinski definition) is 4. The summed E-state index contributed by atoms with van der Waals surface area (Å²) in [5.41, 5.74) is 10.1. The summed E-state index contributed by atoms with van der Waals surface area (Å²) in [4.78, 5) is 0. The normalized spacial score (nSPS) is 7.27. The second-order valence-corrected chi connectivity index (χ2v) is 1.90. The molecule has 0 spiro atoms. The quantitative estimate of drug-likeness (QED) is 0.400. The molecule has 0 aliphatic carbocycles. The van der Waals surface area contributed by atoms with E-state index in [-0.39, 0.29) is 36.5 Å². The van der Waals surface area contributed by atoms with Gasteiger partial charge in [-0.2, -0.15) is 0 Å². The average Bonchev–Trinajstić information content (AvgIpc) is 1.63. The van der Waals surface area contributed by atoms with Gasteiger partial charge in [-0.25, -0.2) is 0 Å². The predicted octanol–water partition coefficient (Wildman–Crippen LogP) is 0.872. The van der Waals surface area contributed by atoms with Gasteiger partial charge in [-0.05, 0) is 6.42 Å². The van der Waals surface area contributed by atoms with Crippen molar-refractivity contribution in [2.45, 2.75) is 19.3 Å². The number of nitrogens with one attached hydrogen (secondary N) is 2. The van der Waals surface area contributed by atoms with Crippen LogP contribution in [0.2, 0.25) is 0 Å². The molecule has 6 N–H and O–H groups in total. The highest BCUT2D eigenvalue weighted by atomic mass is 35.5. The third-order valence-corrected chi connectivity index (χ3v) is 0.892. The highest BCUT2D eigenvalue weighted by molar-refractivity contribution is 5.85. The zero-order chi connectivity index (χ0) is 7.28. The Morgan fingerprint density at radius 3 is 1.36 bits per heavy atom. The van der Waals surface area contributed by atoms with Gasteiger partial charge < -0.3 is 11.5 Å². The van der Waals surface area contributed by atoms with Gasteiger partial charge in [-0.15, -0.1) is 24.8 Å². The minimum atomic E-state index is 0. The van der Waals surface area contributed by atoms with Crippen molar-refractivity contribution in [1.29, 1.82) is 10.8 Å². The van der Waals surface area contributed by atoms with Crippen molar-refractivity contribution in [2.75, 3.05) is 0 Å². The fourth-order valence-corrected chi connectivity index (χ4v) is 0.469. The van der Waals surface area contributed by atoms with Crippen LogP contribution in [0.5, 0.6) is 0 Å². The maximum absolute atomic E-state index is 6.81. The zero-order valence-electron chi connectivity index (χ0n) is 6.09. The van der Waals surface area contributed by atoms with Gasteiger partial charge in [0.1, 0.15) is 0 Å². The Bertz CT molecular complexity index is 112. The lowest BCUT2D eigenvalue weighted by molar-refractivity contribution is 0.900. The van der Waals surface area contributed by atoms with Gasteiger partial charge in [-0.3, -0.25) is 10.8 Å². The molecule has 0 aliphatic heterocycles. The fourth-order valence-electron chi connectivity index (χ4n) is 0.469. The van der Waals surface area contributed by atoms with E-state index in [9.17, 15) is 0 Å². The van der Waals surface area contributed by atoms with Crippen LogP contribution in [0.15, 0.2) is 0 Å². The molecule has 0 fully saturated rings. The van der Waals surface area contributed by atoms with E-state index in [0.29, 0.717) is 19.3 Å². The van der Waals surface area contributed by atoms with E-state index >= 15 is 0 Å². The van der Waals surface area contributed by atoms with Crippen LogP contribution in [0.1, 0.15) is 19.3 Å². The van der Waals surface area contributed by atoms with Crippen LogP contribution in [0.25, 0.3) is 0 Å². The van der Waals surface area contributed by atoms with E-state index in [0.717, 1.165) is 0 Å². The number of hydrogen-bond acceptors (Lipinski definition) is 2. The van der Waals surface area contributed by atoms with E-state index in [1.54, 1.807) is 0 Å². The molecule has 0 amide bonds. The first-order chi connectivity index (χ1) is 4.13. The molecule has 11 heavy (non-hydrogen) atoms. The second kappa shape index (κ2) is 9.52. The third-order valence-electron chi connectivity index (χ3n) is 0.892. The van der Waals surface area contributed by atoms with Crippen LogP contribution in [0.3, 0.4) is 0 Å². The Kier molecular flexibility index (Phi) is 14.6. The highest BCUT2D eigenvalue weighted by Gasteiger charge is 1.91. The van der Waals surface area contributed by atoms with Crippen molar-refractivity contribution in [2.24, 2.45) is 11.5 Å². The summed E-state index contributed by atoms with van der Waals surface area (Å²) in [6, 6.07) is 0. The summed E-state index contributed by atoms with van der Waals surface area (Å²) < 4.78 is 0. The molecule has 0 saturated heterocycles. The molecule has 0 saturated carbocycles. The fraction of sp³-hybridized carbons (Fsp3) is 0.600. The van der Waals surface area contributed by atoms with Crippen molar-refractivity contribution in [3.8, 4) is 0 Å². The van der Waals surface area contributed by atoms with Crippen LogP contribution < -0.4 is 11.5 Å². The Morgan fingerprint density at radius 1 is 0.909 bits per heavy atom. The molecule has 0 atom stereocenters. The van der Waals surface area contributed by atoms with Gasteiger partial charge in [-0.1, -0.05) is 0 Å². The SMILES string of the molecule is Cl.Cl.N=C(N)CCCC(=N)N. The molecule has 0 aromatic rings. The van der Waals surface area contributed by atoms with Gasteiger partial charge >= 0.3 is 0 Å². The van der Waals surface area contributed by atoms with Gasteiger partial charge in [0.2, 0.25) is 0 Å². The first kappa shape index (κ1) is 16.9. The number of halogens is 2. The van der Waals surface area contributed by atoms with Crippen molar-refractivity contribution >= 4 is 36.5 Å². The highest BCUT2D eigenvalue weighted by Crippen LogP contribution is 1.91. The molecule has 0 heterocycles. The van der Waals surface area contributed by atoms with Crippen LogP contribution in [0, 0.1) is 10.8 Å². The van der Waals surface area contributed by atoms with E-state index in [4.69, 9.17) is 22.3 Å². The Morgan fingerprint density at radius 2 is 1.18 bits per heavy atom. The smallest absolute Gasteiger partial charge is 0.0905 e. The number of nitrogens with two attached hydrogens (primary N) is 2. The van der Waals surface area contributed by atoms with E-state index in [2.05, 4.69) is 0 Å². The summed E-state index contributed by atoms with van der Waals surface area (Å²) in [5, 5.41) is 13.6. The molecule has 0 bridgehead atoms. The summed E-state index contributed by atoms with van der Waals surface area (Å²) in [7, 11) is 0. The van der Waals surface area contributed by atoms with Gasteiger partial charge in [0.25, 0.3) is 0 Å². The molecule has 0 aromatic heterocycles. The minimum Gasteiger partial charge on any atom is -0.388 e. The molecule has 0 aliphatic rings. The molecule has 4 nitrogen and oxygen atoms in total. The molecule has 0 radical (unpaired) electrons. The summed E-state index contributed by atoms with van der Waals surface area (Å²) in [5.74, 6) is 0.326. The lowest BCUT2D eigenvalue weighted by atomic mass is 10.2. The lowest BCUT2D eigenvalue weighted by Crippen LogP contribution is -2.13. The molecule has 0 rings (SSSR count). The lowest BCUT2D eigenvalue weighted by Gasteiger charge is -1.95. The topological polar surface area (TPSA) is 99.7 Å². The van der Waals surface area contributed by atoms with Crippen molar-refractivity contribution in [3.63, 3.8) is 0 Å². The number of amidine groups is 2. The Balaban J connectivity index is -0.000000320. The minimum absolute atomic E-state index is 0. The monoisotopic (exact) mass is 200 g/mol. The predicted molar refractivity (Wildman–Crippen MR) is 52.2 cm³/mol. The van der Waals surface area contributed by atoms with Gasteiger partial charge in [0.05, 0.1) is 11.7 Å². The second-order valence-electron chi connectivity index (χ2n) is 1.90. The molecular formula is C5H14Cl2N4. The average molecular weight is 201 g/mol. The summed E-state index contributed by atoms with van der Waals surface area (Å²) >= 11 is 0. The van der Waals surface area contributed by atoms with Gasteiger partial charge in [0.15, 0.2) is 0 Å². The van der Waals surface area contributed by atoms with Crippen molar-refractivity contribution in [3.05, 3.63) is 0 Å². The molecule has 68 valence electrons. The maximum atomic E-state index is 6.81.